The van der Waals surface area contributed by atoms with Gasteiger partial charge in [-0.3, -0.25) is 9.59 Å². The average Bonchev–Trinajstić information content (AvgIpc) is 3.44. The second-order valence-electron chi connectivity index (χ2n) is 10.8. The van der Waals surface area contributed by atoms with Crippen LogP contribution in [0.5, 0.6) is 0 Å². The van der Waals surface area contributed by atoms with Gasteiger partial charge in [0.1, 0.15) is 4.88 Å². The van der Waals surface area contributed by atoms with Gasteiger partial charge in [0.05, 0.1) is 31.0 Å². The van der Waals surface area contributed by atoms with Crippen molar-refractivity contribution in [2.24, 2.45) is 0 Å². The number of likely N-dealkylation sites (tertiary alicyclic amines) is 1. The highest BCUT2D eigenvalue weighted by Gasteiger charge is 2.36. The quantitative estimate of drug-likeness (QED) is 0.391. The van der Waals surface area contributed by atoms with Crippen molar-refractivity contribution in [3.8, 4) is 0 Å². The molecule has 12 heteroatoms. The smallest absolute Gasteiger partial charge is 0.405 e. The van der Waals surface area contributed by atoms with Crippen molar-refractivity contribution in [1.29, 1.82) is 0 Å². The molecule has 3 aliphatic heterocycles. The number of thiazole rings is 1. The van der Waals surface area contributed by atoms with Gasteiger partial charge in [-0.25, -0.2) is 9.78 Å². The number of hydrogen-bond donors (Lipinski definition) is 4. The third kappa shape index (κ3) is 4.58. The molecule has 0 spiro atoms. The summed E-state index contributed by atoms with van der Waals surface area (Å²) in [6, 6.07) is 5.41. The molecule has 2 saturated heterocycles. The van der Waals surface area contributed by atoms with E-state index in [9.17, 15) is 14.4 Å². The standard InChI is InChI=1S/C26H30N6O5S/c1-26(2)9-20-21(22(33)30-26)38-24(29-20)32-5-6-37-13-17(32)7-15-10-27-19-4-3-14(8-18(15)19)23(34)31-11-16(12-31)28-25(35)36/h3-4,8,10,16-17,27-28H,5-7,9,11-13H2,1-2H3,(H,30,33)(H,35,36)/t17-/m0/s1. The van der Waals surface area contributed by atoms with Crippen LogP contribution in [0.1, 0.15) is 45.1 Å². The number of rotatable bonds is 5. The van der Waals surface area contributed by atoms with Crippen LogP contribution in [0.4, 0.5) is 9.93 Å². The molecule has 3 amide bonds. The number of carbonyl (C=O) groups is 3. The van der Waals surface area contributed by atoms with E-state index in [0.717, 1.165) is 27.3 Å². The first-order chi connectivity index (χ1) is 18.2. The number of ether oxygens (including phenoxy) is 1. The Morgan fingerprint density at radius 2 is 2.13 bits per heavy atom. The minimum Gasteiger partial charge on any atom is -0.465 e. The van der Waals surface area contributed by atoms with Crippen molar-refractivity contribution in [3.05, 3.63) is 46.1 Å². The summed E-state index contributed by atoms with van der Waals surface area (Å²) in [5.41, 5.74) is 3.13. The molecule has 2 fully saturated rings. The third-order valence-corrected chi connectivity index (χ3v) is 8.53. The summed E-state index contributed by atoms with van der Waals surface area (Å²) in [5.74, 6) is -0.175. The predicted molar refractivity (Wildman–Crippen MR) is 142 cm³/mol. The van der Waals surface area contributed by atoms with Gasteiger partial charge in [-0.1, -0.05) is 11.3 Å². The van der Waals surface area contributed by atoms with E-state index in [1.54, 1.807) is 11.0 Å². The summed E-state index contributed by atoms with van der Waals surface area (Å²) in [6.45, 7) is 6.57. The van der Waals surface area contributed by atoms with Crippen LogP contribution in [0.3, 0.4) is 0 Å². The van der Waals surface area contributed by atoms with Crippen molar-refractivity contribution in [2.45, 2.75) is 44.3 Å². The van der Waals surface area contributed by atoms with Gasteiger partial charge < -0.3 is 35.3 Å². The van der Waals surface area contributed by atoms with Crippen molar-refractivity contribution in [1.82, 2.24) is 25.5 Å². The summed E-state index contributed by atoms with van der Waals surface area (Å²) in [7, 11) is 0. The molecule has 6 rings (SSSR count). The number of anilines is 1. The monoisotopic (exact) mass is 538 g/mol. The molecule has 5 heterocycles. The highest BCUT2D eigenvalue weighted by molar-refractivity contribution is 7.17. The Morgan fingerprint density at radius 3 is 2.92 bits per heavy atom. The van der Waals surface area contributed by atoms with E-state index in [0.29, 0.717) is 56.1 Å². The summed E-state index contributed by atoms with van der Waals surface area (Å²) >= 11 is 1.44. The molecule has 3 aliphatic rings. The number of nitrogens with one attached hydrogen (secondary N) is 3. The predicted octanol–water partition coefficient (Wildman–Crippen LogP) is 2.23. The van der Waals surface area contributed by atoms with Crippen LogP contribution >= 0.6 is 11.3 Å². The molecular weight excluding hydrogens is 508 g/mol. The second kappa shape index (κ2) is 9.28. The molecular formula is C26H30N6O5S. The Labute approximate surface area is 223 Å². The Morgan fingerprint density at radius 1 is 1.32 bits per heavy atom. The zero-order valence-corrected chi connectivity index (χ0v) is 22.1. The normalized spacial score (nSPS) is 21.1. The van der Waals surface area contributed by atoms with Gasteiger partial charge in [0.15, 0.2) is 5.13 Å². The summed E-state index contributed by atoms with van der Waals surface area (Å²) in [6.07, 6.45) is 2.29. The largest absolute Gasteiger partial charge is 0.465 e. The van der Waals surface area contributed by atoms with Crippen molar-refractivity contribution >= 4 is 45.3 Å². The number of carboxylic acid groups (broad SMARTS) is 1. The van der Waals surface area contributed by atoms with Gasteiger partial charge in [-0.05, 0) is 44.0 Å². The molecule has 0 aliphatic carbocycles. The summed E-state index contributed by atoms with van der Waals surface area (Å²) in [5, 5.41) is 16.2. The van der Waals surface area contributed by atoms with E-state index in [1.165, 1.54) is 11.3 Å². The Kier molecular flexibility index (Phi) is 6.03. The second-order valence-corrected chi connectivity index (χ2v) is 11.8. The van der Waals surface area contributed by atoms with Crippen LogP contribution in [-0.2, 0) is 17.6 Å². The topological polar surface area (TPSA) is 140 Å². The molecule has 0 radical (unpaired) electrons. The maximum atomic E-state index is 13.0. The lowest BCUT2D eigenvalue weighted by molar-refractivity contribution is 0.0564. The lowest BCUT2D eigenvalue weighted by Gasteiger charge is -2.38. The van der Waals surface area contributed by atoms with Crippen molar-refractivity contribution in [2.75, 3.05) is 37.7 Å². The van der Waals surface area contributed by atoms with Crippen LogP contribution in [-0.4, -0.2) is 88.4 Å². The number of carbonyl (C=O) groups excluding carboxylic acids is 2. The van der Waals surface area contributed by atoms with Gasteiger partial charge in [0.25, 0.3) is 11.8 Å². The maximum absolute atomic E-state index is 13.0. The highest BCUT2D eigenvalue weighted by Crippen LogP contribution is 2.34. The fourth-order valence-electron chi connectivity index (χ4n) is 5.49. The van der Waals surface area contributed by atoms with Crippen LogP contribution in [0.25, 0.3) is 10.9 Å². The number of H-pyrrole nitrogens is 1. The van der Waals surface area contributed by atoms with Crippen LogP contribution in [0.2, 0.25) is 0 Å². The number of nitrogens with zero attached hydrogens (tertiary/aromatic N) is 3. The van der Waals surface area contributed by atoms with Gasteiger partial charge >= 0.3 is 6.09 Å². The number of amides is 3. The van der Waals surface area contributed by atoms with Gasteiger partial charge in [0.2, 0.25) is 0 Å². The SMILES string of the molecule is CC1(C)Cc2nc(N3CCOC[C@@H]3Cc3c[nH]c4ccc(C(=O)N5CC(NC(=O)O)C5)cc34)sc2C(=O)N1. The third-order valence-electron chi connectivity index (χ3n) is 7.39. The van der Waals surface area contributed by atoms with Gasteiger partial charge in [-0.15, -0.1) is 0 Å². The van der Waals surface area contributed by atoms with E-state index in [2.05, 4.69) is 20.5 Å². The zero-order valence-electron chi connectivity index (χ0n) is 21.2. The molecule has 38 heavy (non-hydrogen) atoms. The average molecular weight is 539 g/mol. The van der Waals surface area contributed by atoms with E-state index >= 15 is 0 Å². The number of fused-ring (bicyclic) bond motifs is 2. The lowest BCUT2D eigenvalue weighted by Crippen LogP contribution is -2.60. The fraction of sp³-hybridized carbons (Fsp3) is 0.462. The fourth-order valence-corrected chi connectivity index (χ4v) is 6.56. The first-order valence-corrected chi connectivity index (χ1v) is 13.5. The Balaban J connectivity index is 1.21. The van der Waals surface area contributed by atoms with E-state index in [4.69, 9.17) is 14.8 Å². The number of aromatic amines is 1. The molecule has 0 unspecified atom stereocenters. The van der Waals surface area contributed by atoms with Gasteiger partial charge in [-0.2, -0.15) is 0 Å². The molecule has 200 valence electrons. The molecule has 11 nitrogen and oxygen atoms in total. The minimum atomic E-state index is -1.08. The molecule has 1 aromatic carbocycles. The number of benzene rings is 1. The first kappa shape index (κ1) is 24.7. The molecule has 3 aromatic rings. The number of aromatic nitrogens is 2. The van der Waals surface area contributed by atoms with Crippen LogP contribution < -0.4 is 15.5 Å². The summed E-state index contributed by atoms with van der Waals surface area (Å²) in [4.78, 5) is 49.3. The number of hydrogen-bond acceptors (Lipinski definition) is 7. The molecule has 1 atom stereocenters. The minimum absolute atomic E-state index is 0.0315. The van der Waals surface area contributed by atoms with Crippen LogP contribution in [0.15, 0.2) is 24.4 Å². The zero-order chi connectivity index (χ0) is 26.6. The highest BCUT2D eigenvalue weighted by atomic mass is 32.1. The van der Waals surface area contributed by atoms with E-state index in [1.807, 2.05) is 32.2 Å². The molecule has 4 N–H and O–H groups in total. The van der Waals surface area contributed by atoms with E-state index in [-0.39, 0.29) is 29.4 Å². The van der Waals surface area contributed by atoms with E-state index < -0.39 is 6.09 Å². The van der Waals surface area contributed by atoms with Crippen molar-refractivity contribution in [3.63, 3.8) is 0 Å². The number of morpholine rings is 1. The molecule has 2 aromatic heterocycles. The van der Waals surface area contributed by atoms with Gasteiger partial charge in [0, 0.05) is 54.3 Å². The first-order valence-electron chi connectivity index (χ1n) is 12.7. The molecule has 0 saturated carbocycles. The van der Waals surface area contributed by atoms with Crippen LogP contribution in [0, 0.1) is 0 Å². The maximum Gasteiger partial charge on any atom is 0.405 e. The van der Waals surface area contributed by atoms with Crippen molar-refractivity contribution < 1.29 is 24.2 Å². The summed E-state index contributed by atoms with van der Waals surface area (Å²) < 4.78 is 5.84. The molecule has 0 bridgehead atoms. The Bertz CT molecular complexity index is 1420. The lowest BCUT2D eigenvalue weighted by atomic mass is 9.94. The Hall–Kier alpha value is -3.64.